The first kappa shape index (κ1) is 15.0. The summed E-state index contributed by atoms with van der Waals surface area (Å²) in [6.07, 6.45) is 0.00761. The molecule has 0 saturated carbocycles. The molecule has 2 rings (SSSR count). The van der Waals surface area contributed by atoms with Gasteiger partial charge in [0.15, 0.2) is 0 Å². The van der Waals surface area contributed by atoms with E-state index in [1.165, 1.54) is 0 Å². The van der Waals surface area contributed by atoms with E-state index in [1.54, 1.807) is 6.92 Å². The van der Waals surface area contributed by atoms with Gasteiger partial charge in [0, 0.05) is 13.0 Å². The molecule has 112 valence electrons. The van der Waals surface area contributed by atoms with Crippen LogP contribution in [0.2, 0.25) is 0 Å². The Labute approximate surface area is 123 Å². The molecule has 1 atom stereocenters. The van der Waals surface area contributed by atoms with Crippen molar-refractivity contribution in [2.24, 2.45) is 5.16 Å². The first-order valence-electron chi connectivity index (χ1n) is 6.89. The average molecular weight is 290 g/mol. The Balaban J connectivity index is 1.76. The van der Waals surface area contributed by atoms with Crippen molar-refractivity contribution < 1.29 is 19.2 Å². The van der Waals surface area contributed by atoms with E-state index < -0.39 is 6.10 Å². The van der Waals surface area contributed by atoms with Gasteiger partial charge in [-0.15, -0.1) is 0 Å². The number of oxime groups is 1. The standard InChI is InChI=1S/C15H18N2O4/c1-2-20-14(18)9-12-8-13(17-21-12)15(19)16-10-11-6-4-3-5-7-11/h3-7,12H,2,8-10H2,1H3,(H,16,19). The zero-order valence-corrected chi connectivity index (χ0v) is 11.9. The Hall–Kier alpha value is -2.37. The number of hydrogen-bond donors (Lipinski definition) is 1. The van der Waals surface area contributed by atoms with Gasteiger partial charge in [-0.25, -0.2) is 0 Å². The van der Waals surface area contributed by atoms with Crippen LogP contribution in [0.15, 0.2) is 35.5 Å². The summed E-state index contributed by atoms with van der Waals surface area (Å²) in [5.41, 5.74) is 1.31. The van der Waals surface area contributed by atoms with Gasteiger partial charge in [-0.1, -0.05) is 35.5 Å². The van der Waals surface area contributed by atoms with Crippen molar-refractivity contribution >= 4 is 17.6 Å². The Kier molecular flexibility index (Phi) is 5.31. The van der Waals surface area contributed by atoms with Crippen LogP contribution in [0.5, 0.6) is 0 Å². The summed E-state index contributed by atoms with van der Waals surface area (Å²) in [4.78, 5) is 28.4. The minimum atomic E-state index is -0.415. The van der Waals surface area contributed by atoms with Crippen molar-refractivity contribution in [2.75, 3.05) is 6.61 Å². The van der Waals surface area contributed by atoms with Crippen LogP contribution in [0, 0.1) is 0 Å². The van der Waals surface area contributed by atoms with E-state index in [1.807, 2.05) is 30.3 Å². The van der Waals surface area contributed by atoms with Crippen molar-refractivity contribution in [3.63, 3.8) is 0 Å². The molecule has 0 spiro atoms. The fourth-order valence-corrected chi connectivity index (χ4v) is 1.96. The number of rotatable bonds is 6. The maximum absolute atomic E-state index is 11.9. The van der Waals surface area contributed by atoms with Crippen LogP contribution >= 0.6 is 0 Å². The number of carbonyl (C=O) groups excluding carboxylic acids is 2. The van der Waals surface area contributed by atoms with E-state index in [-0.39, 0.29) is 18.3 Å². The molecule has 0 aliphatic carbocycles. The van der Waals surface area contributed by atoms with Gasteiger partial charge in [-0.3, -0.25) is 9.59 Å². The number of amides is 1. The molecule has 21 heavy (non-hydrogen) atoms. The van der Waals surface area contributed by atoms with E-state index in [0.29, 0.717) is 25.3 Å². The first-order chi connectivity index (χ1) is 10.2. The van der Waals surface area contributed by atoms with E-state index in [0.717, 1.165) is 5.56 Å². The van der Waals surface area contributed by atoms with Crippen LogP contribution in [0.1, 0.15) is 25.3 Å². The smallest absolute Gasteiger partial charge is 0.309 e. The third kappa shape index (κ3) is 4.59. The largest absolute Gasteiger partial charge is 0.466 e. The van der Waals surface area contributed by atoms with Crippen LogP contribution in [-0.2, 0) is 25.7 Å². The Morgan fingerprint density at radius 1 is 1.38 bits per heavy atom. The van der Waals surface area contributed by atoms with Crippen molar-refractivity contribution in [3.05, 3.63) is 35.9 Å². The highest BCUT2D eigenvalue weighted by molar-refractivity contribution is 6.39. The lowest BCUT2D eigenvalue weighted by molar-refractivity contribution is -0.145. The molecule has 0 aromatic heterocycles. The van der Waals surface area contributed by atoms with E-state index in [4.69, 9.17) is 9.57 Å². The normalized spacial score (nSPS) is 16.8. The summed E-state index contributed by atoms with van der Waals surface area (Å²) in [5, 5.41) is 6.51. The second kappa shape index (κ2) is 7.42. The molecule has 1 aromatic carbocycles. The quantitative estimate of drug-likeness (QED) is 0.803. The minimum Gasteiger partial charge on any atom is -0.466 e. The summed E-state index contributed by atoms with van der Waals surface area (Å²) >= 11 is 0. The molecule has 6 nitrogen and oxygen atoms in total. The number of hydrogen-bond acceptors (Lipinski definition) is 5. The van der Waals surface area contributed by atoms with Gasteiger partial charge in [0.1, 0.15) is 11.8 Å². The SMILES string of the molecule is CCOC(=O)CC1CC(C(=O)NCc2ccccc2)=NO1. The maximum atomic E-state index is 11.9. The third-order valence-corrected chi connectivity index (χ3v) is 2.99. The molecule has 1 unspecified atom stereocenters. The monoisotopic (exact) mass is 290 g/mol. The summed E-state index contributed by atoms with van der Waals surface area (Å²) in [7, 11) is 0. The molecule has 0 radical (unpaired) electrons. The number of nitrogens with one attached hydrogen (secondary N) is 1. The van der Waals surface area contributed by atoms with Gasteiger partial charge >= 0.3 is 5.97 Å². The number of esters is 1. The number of nitrogens with zero attached hydrogens (tertiary/aromatic N) is 1. The molecule has 1 aliphatic rings. The molecule has 6 heteroatoms. The third-order valence-electron chi connectivity index (χ3n) is 2.99. The zero-order chi connectivity index (χ0) is 15.1. The Morgan fingerprint density at radius 2 is 2.14 bits per heavy atom. The van der Waals surface area contributed by atoms with Crippen LogP contribution in [0.25, 0.3) is 0 Å². The fourth-order valence-electron chi connectivity index (χ4n) is 1.96. The summed E-state index contributed by atoms with van der Waals surface area (Å²) in [6.45, 7) is 2.50. The van der Waals surface area contributed by atoms with Crippen LogP contribution in [0.4, 0.5) is 0 Å². The first-order valence-corrected chi connectivity index (χ1v) is 6.89. The predicted octanol–water partition coefficient (Wildman–Crippen LogP) is 1.40. The molecule has 1 N–H and O–H groups in total. The maximum Gasteiger partial charge on any atom is 0.309 e. The van der Waals surface area contributed by atoms with Crippen LogP contribution in [-0.4, -0.2) is 30.3 Å². The number of benzene rings is 1. The van der Waals surface area contributed by atoms with Crippen molar-refractivity contribution in [3.8, 4) is 0 Å². The fraction of sp³-hybridized carbons (Fsp3) is 0.400. The predicted molar refractivity (Wildman–Crippen MR) is 76.5 cm³/mol. The molecule has 1 aliphatic heterocycles. The molecular formula is C15H18N2O4. The van der Waals surface area contributed by atoms with Crippen molar-refractivity contribution in [1.29, 1.82) is 0 Å². The molecule has 1 heterocycles. The number of ether oxygens (including phenoxy) is 1. The molecule has 1 aromatic rings. The number of carbonyl (C=O) groups is 2. The van der Waals surface area contributed by atoms with Crippen LogP contribution < -0.4 is 5.32 Å². The summed E-state index contributed by atoms with van der Waals surface area (Å²) < 4.78 is 4.83. The topological polar surface area (TPSA) is 77.0 Å². The molecule has 0 fully saturated rings. The van der Waals surface area contributed by atoms with Gasteiger partial charge < -0.3 is 14.9 Å². The second-order valence-corrected chi connectivity index (χ2v) is 4.65. The van der Waals surface area contributed by atoms with Crippen LogP contribution in [0.3, 0.4) is 0 Å². The molecular weight excluding hydrogens is 272 g/mol. The van der Waals surface area contributed by atoms with Gasteiger partial charge in [0.25, 0.3) is 5.91 Å². The highest BCUT2D eigenvalue weighted by Gasteiger charge is 2.28. The van der Waals surface area contributed by atoms with Gasteiger partial charge in [0.2, 0.25) is 0 Å². The lowest BCUT2D eigenvalue weighted by atomic mass is 10.1. The lowest BCUT2D eigenvalue weighted by Gasteiger charge is -2.07. The Bertz CT molecular complexity index is 528. The van der Waals surface area contributed by atoms with Gasteiger partial charge in [-0.2, -0.15) is 0 Å². The second-order valence-electron chi connectivity index (χ2n) is 4.65. The van der Waals surface area contributed by atoms with E-state index >= 15 is 0 Å². The molecule has 1 amide bonds. The average Bonchev–Trinajstić information content (AvgIpc) is 2.94. The highest BCUT2D eigenvalue weighted by Crippen LogP contribution is 2.14. The summed E-state index contributed by atoms with van der Waals surface area (Å²) in [6, 6.07) is 9.59. The zero-order valence-electron chi connectivity index (χ0n) is 11.9. The van der Waals surface area contributed by atoms with E-state index in [2.05, 4.69) is 10.5 Å². The molecule has 0 saturated heterocycles. The molecule has 0 bridgehead atoms. The minimum absolute atomic E-state index is 0.104. The lowest BCUT2D eigenvalue weighted by Crippen LogP contribution is -2.30. The van der Waals surface area contributed by atoms with Gasteiger partial charge in [0.05, 0.1) is 13.0 Å². The van der Waals surface area contributed by atoms with Crippen molar-refractivity contribution in [1.82, 2.24) is 5.32 Å². The van der Waals surface area contributed by atoms with Crippen molar-refractivity contribution in [2.45, 2.75) is 32.4 Å². The highest BCUT2D eigenvalue weighted by atomic mass is 16.6. The van der Waals surface area contributed by atoms with Gasteiger partial charge in [-0.05, 0) is 12.5 Å². The summed E-state index contributed by atoms with van der Waals surface area (Å²) in [5.74, 6) is -0.617. The van der Waals surface area contributed by atoms with E-state index in [9.17, 15) is 9.59 Å². The Morgan fingerprint density at radius 3 is 2.86 bits per heavy atom.